The van der Waals surface area contributed by atoms with Gasteiger partial charge in [0, 0.05) is 18.1 Å². The summed E-state index contributed by atoms with van der Waals surface area (Å²) in [4.78, 5) is 20.7. The van der Waals surface area contributed by atoms with Crippen LogP contribution in [0.5, 0.6) is 0 Å². The number of benzene rings is 1. The Morgan fingerprint density at radius 3 is 2.64 bits per heavy atom. The Morgan fingerprint density at radius 2 is 1.92 bits per heavy atom. The summed E-state index contributed by atoms with van der Waals surface area (Å²) in [6.45, 7) is 1.29. The molecule has 0 aliphatic carbocycles. The van der Waals surface area contributed by atoms with Crippen LogP contribution in [0.3, 0.4) is 0 Å². The van der Waals surface area contributed by atoms with E-state index in [1.54, 1.807) is 46.7 Å². The zero-order valence-electron chi connectivity index (χ0n) is 19.0. The lowest BCUT2D eigenvalue weighted by Gasteiger charge is -2.21. The van der Waals surface area contributed by atoms with Crippen LogP contribution in [0.25, 0.3) is 22.1 Å². The van der Waals surface area contributed by atoms with E-state index in [1.165, 1.54) is 12.4 Å². The number of urea groups is 1. The molecule has 1 saturated heterocycles. The third-order valence-corrected chi connectivity index (χ3v) is 7.68. The van der Waals surface area contributed by atoms with Gasteiger partial charge in [0.2, 0.25) is 0 Å². The van der Waals surface area contributed by atoms with Crippen molar-refractivity contribution in [1.29, 1.82) is 0 Å². The molecule has 2 amide bonds. The molecule has 1 unspecified atom stereocenters. The SMILES string of the molecule is Cc1ccc(S(=O)(=O)n2ccc3c4c(cnc32)ncn4N2CCC(NC(=O)NCC(F)(F)F)C2)cc1. The number of halogens is 3. The number of rotatable bonds is 5. The Kier molecular flexibility index (Phi) is 5.77. The number of alkyl halides is 3. The molecule has 36 heavy (non-hydrogen) atoms. The van der Waals surface area contributed by atoms with E-state index in [4.69, 9.17) is 0 Å². The van der Waals surface area contributed by atoms with Gasteiger partial charge in [-0.3, -0.25) is 0 Å². The molecule has 1 aliphatic rings. The van der Waals surface area contributed by atoms with Gasteiger partial charge in [0.05, 0.1) is 23.7 Å². The molecule has 1 fully saturated rings. The molecule has 0 saturated carbocycles. The Hall–Kier alpha value is -3.81. The predicted molar refractivity (Wildman–Crippen MR) is 126 cm³/mol. The van der Waals surface area contributed by atoms with Crippen LogP contribution in [0.4, 0.5) is 18.0 Å². The lowest BCUT2D eigenvalue weighted by molar-refractivity contribution is -0.122. The second-order valence-corrected chi connectivity index (χ2v) is 10.4. The highest BCUT2D eigenvalue weighted by Gasteiger charge is 2.30. The Labute approximate surface area is 203 Å². The smallest absolute Gasteiger partial charge is 0.334 e. The second-order valence-electron chi connectivity index (χ2n) is 8.59. The van der Waals surface area contributed by atoms with Gasteiger partial charge in [-0.15, -0.1) is 0 Å². The number of pyridine rings is 1. The minimum absolute atomic E-state index is 0.137. The first-order chi connectivity index (χ1) is 17.0. The van der Waals surface area contributed by atoms with E-state index in [9.17, 15) is 26.4 Å². The maximum atomic E-state index is 13.3. The first-order valence-electron chi connectivity index (χ1n) is 11.0. The largest absolute Gasteiger partial charge is 0.405 e. The van der Waals surface area contributed by atoms with Gasteiger partial charge in [0.15, 0.2) is 5.65 Å². The summed E-state index contributed by atoms with van der Waals surface area (Å²) in [6, 6.07) is 6.92. The maximum Gasteiger partial charge on any atom is 0.405 e. The van der Waals surface area contributed by atoms with Gasteiger partial charge >= 0.3 is 12.2 Å². The molecule has 14 heteroatoms. The van der Waals surface area contributed by atoms with Crippen molar-refractivity contribution in [3.63, 3.8) is 0 Å². The molecule has 10 nitrogen and oxygen atoms in total. The molecule has 4 heterocycles. The number of hydrogen-bond acceptors (Lipinski definition) is 6. The minimum atomic E-state index is -4.49. The number of aryl methyl sites for hydroxylation is 1. The molecule has 4 aromatic rings. The van der Waals surface area contributed by atoms with Crippen molar-refractivity contribution in [2.75, 3.05) is 24.6 Å². The fourth-order valence-electron chi connectivity index (χ4n) is 4.25. The molecule has 0 spiro atoms. The van der Waals surface area contributed by atoms with Crippen molar-refractivity contribution in [1.82, 2.24) is 29.3 Å². The summed E-state index contributed by atoms with van der Waals surface area (Å²) in [5.41, 5.74) is 2.36. The van der Waals surface area contributed by atoms with Crippen molar-refractivity contribution in [3.05, 3.63) is 54.6 Å². The van der Waals surface area contributed by atoms with Gasteiger partial charge in [-0.25, -0.2) is 31.8 Å². The molecular formula is C22H22F3N7O3S. The molecule has 1 aliphatic heterocycles. The second kappa shape index (κ2) is 8.69. The molecule has 3 aromatic heterocycles. The van der Waals surface area contributed by atoms with Crippen molar-refractivity contribution < 1.29 is 26.4 Å². The van der Waals surface area contributed by atoms with Crippen LogP contribution in [-0.2, 0) is 10.0 Å². The molecule has 1 atom stereocenters. The molecule has 1 aromatic carbocycles. The molecule has 5 rings (SSSR count). The standard InChI is InChI=1S/C22H22F3N7O3S/c1-14-2-4-16(5-3-14)36(34,35)32-9-7-17-19-18(10-26-20(17)32)28-13-31(19)30-8-6-15(11-30)29-21(33)27-12-22(23,24)25/h2-5,7,9-10,13,15H,6,8,11-12H2,1H3,(H2,27,29,33). The highest BCUT2D eigenvalue weighted by Crippen LogP contribution is 2.28. The quantitative estimate of drug-likeness (QED) is 0.417. The van der Waals surface area contributed by atoms with Crippen molar-refractivity contribution in [3.8, 4) is 0 Å². The van der Waals surface area contributed by atoms with Crippen molar-refractivity contribution in [2.45, 2.75) is 30.5 Å². The van der Waals surface area contributed by atoms with Crippen molar-refractivity contribution in [2.24, 2.45) is 0 Å². The van der Waals surface area contributed by atoms with Gasteiger partial charge in [-0.2, -0.15) is 13.2 Å². The van der Waals surface area contributed by atoms with Crippen LogP contribution in [0.2, 0.25) is 0 Å². The molecule has 0 bridgehead atoms. The fourth-order valence-corrected chi connectivity index (χ4v) is 5.55. The Balaban J connectivity index is 1.42. The minimum Gasteiger partial charge on any atom is -0.334 e. The van der Waals surface area contributed by atoms with Crippen LogP contribution < -0.4 is 15.6 Å². The van der Waals surface area contributed by atoms with Gasteiger partial charge in [0.1, 0.15) is 23.9 Å². The van der Waals surface area contributed by atoms with Gasteiger partial charge in [-0.1, -0.05) is 17.7 Å². The van der Waals surface area contributed by atoms with Crippen LogP contribution in [0.15, 0.2) is 53.9 Å². The summed E-state index contributed by atoms with van der Waals surface area (Å²) in [5, 5.41) is 6.81. The Bertz CT molecular complexity index is 1540. The normalized spacial score (nSPS) is 16.7. The van der Waals surface area contributed by atoms with E-state index in [0.29, 0.717) is 35.9 Å². The summed E-state index contributed by atoms with van der Waals surface area (Å²) in [7, 11) is -3.88. The number of hydrogen-bond donors (Lipinski definition) is 2. The maximum absolute atomic E-state index is 13.3. The fraction of sp³-hybridized carbons (Fsp3) is 0.318. The predicted octanol–water partition coefficient (Wildman–Crippen LogP) is 2.50. The van der Waals surface area contributed by atoms with E-state index in [1.807, 2.05) is 11.9 Å². The summed E-state index contributed by atoms with van der Waals surface area (Å²) < 4.78 is 66.4. The summed E-state index contributed by atoms with van der Waals surface area (Å²) in [5.74, 6) is 0. The lowest BCUT2D eigenvalue weighted by Crippen LogP contribution is -2.46. The molecular weight excluding hydrogens is 499 g/mol. The molecule has 0 radical (unpaired) electrons. The number of imidazole rings is 1. The summed E-state index contributed by atoms with van der Waals surface area (Å²) >= 11 is 0. The topological polar surface area (TPSA) is 114 Å². The van der Waals surface area contributed by atoms with Crippen LogP contribution in [0, 0.1) is 6.92 Å². The first-order valence-corrected chi connectivity index (χ1v) is 12.5. The highest BCUT2D eigenvalue weighted by atomic mass is 32.2. The number of nitrogens with one attached hydrogen (secondary N) is 2. The van der Waals surface area contributed by atoms with E-state index in [-0.39, 0.29) is 16.6 Å². The van der Waals surface area contributed by atoms with E-state index in [2.05, 4.69) is 15.3 Å². The first kappa shape index (κ1) is 23.9. The zero-order chi connectivity index (χ0) is 25.7. The number of fused-ring (bicyclic) bond motifs is 3. The number of nitrogens with zero attached hydrogens (tertiary/aromatic N) is 5. The molecule has 2 N–H and O–H groups in total. The van der Waals surface area contributed by atoms with E-state index < -0.39 is 28.8 Å². The van der Waals surface area contributed by atoms with Crippen LogP contribution in [-0.4, -0.2) is 64.9 Å². The number of amides is 2. The van der Waals surface area contributed by atoms with E-state index in [0.717, 1.165) is 9.54 Å². The van der Waals surface area contributed by atoms with Gasteiger partial charge in [-0.05, 0) is 31.5 Å². The number of carbonyl (C=O) groups is 1. The van der Waals surface area contributed by atoms with Crippen LogP contribution >= 0.6 is 0 Å². The zero-order valence-corrected chi connectivity index (χ0v) is 19.8. The average Bonchev–Trinajstić information content (AvgIpc) is 3.55. The summed E-state index contributed by atoms with van der Waals surface area (Å²) in [6.07, 6.45) is 0.534. The number of aromatic nitrogens is 4. The third kappa shape index (κ3) is 4.43. The van der Waals surface area contributed by atoms with Crippen molar-refractivity contribution >= 4 is 38.1 Å². The highest BCUT2D eigenvalue weighted by molar-refractivity contribution is 7.90. The van der Waals surface area contributed by atoms with Gasteiger partial charge < -0.3 is 15.6 Å². The third-order valence-electron chi connectivity index (χ3n) is 6.00. The number of carbonyl (C=O) groups excluding carboxylic acids is 1. The van der Waals surface area contributed by atoms with Crippen LogP contribution in [0.1, 0.15) is 12.0 Å². The average molecular weight is 522 g/mol. The molecule has 190 valence electrons. The monoisotopic (exact) mass is 521 g/mol. The lowest BCUT2D eigenvalue weighted by atomic mass is 10.2. The van der Waals surface area contributed by atoms with Gasteiger partial charge in [0.25, 0.3) is 10.0 Å². The Morgan fingerprint density at radius 1 is 1.17 bits per heavy atom. The van der Waals surface area contributed by atoms with E-state index >= 15 is 0 Å².